The van der Waals surface area contributed by atoms with Crippen molar-refractivity contribution in [3.05, 3.63) is 78.0 Å². The molecule has 0 aliphatic heterocycles. The van der Waals surface area contributed by atoms with Gasteiger partial charge in [0.15, 0.2) is 6.10 Å². The summed E-state index contributed by atoms with van der Waals surface area (Å²) in [5, 5.41) is 4.60. The molecule has 28 heavy (non-hydrogen) atoms. The SMILES string of the molecule is C[C@@H](OC(=O)c1cn(Cc2ccccc2)nc1-c1ccccc1)C(=O)N(C)C. The van der Waals surface area contributed by atoms with Crippen molar-refractivity contribution < 1.29 is 14.3 Å². The van der Waals surface area contributed by atoms with Crippen LogP contribution in [0.15, 0.2) is 66.9 Å². The van der Waals surface area contributed by atoms with Crippen LogP contribution >= 0.6 is 0 Å². The van der Waals surface area contributed by atoms with Crippen molar-refractivity contribution in [2.45, 2.75) is 19.6 Å². The van der Waals surface area contributed by atoms with Crippen molar-refractivity contribution in [3.63, 3.8) is 0 Å². The first-order valence-electron chi connectivity index (χ1n) is 9.04. The van der Waals surface area contributed by atoms with Gasteiger partial charge in [-0.3, -0.25) is 9.48 Å². The molecule has 6 nitrogen and oxygen atoms in total. The van der Waals surface area contributed by atoms with Gasteiger partial charge in [0.2, 0.25) is 0 Å². The summed E-state index contributed by atoms with van der Waals surface area (Å²) in [7, 11) is 3.25. The second-order valence-corrected chi connectivity index (χ2v) is 6.72. The normalized spacial score (nSPS) is 11.7. The predicted octanol–water partition coefficient (Wildman–Crippen LogP) is 3.23. The quantitative estimate of drug-likeness (QED) is 0.619. The molecule has 0 N–H and O–H groups in total. The molecule has 0 spiro atoms. The molecule has 0 aliphatic carbocycles. The fraction of sp³-hybridized carbons (Fsp3) is 0.227. The van der Waals surface area contributed by atoms with Crippen LogP contribution < -0.4 is 0 Å². The maximum absolute atomic E-state index is 12.8. The lowest BCUT2D eigenvalue weighted by Gasteiger charge is -2.17. The minimum atomic E-state index is -0.872. The van der Waals surface area contributed by atoms with Crippen LogP contribution in [-0.4, -0.2) is 46.8 Å². The Morgan fingerprint density at radius 2 is 1.64 bits per heavy atom. The van der Waals surface area contributed by atoms with Crippen LogP contribution in [0.1, 0.15) is 22.8 Å². The van der Waals surface area contributed by atoms with Crippen molar-refractivity contribution in [1.82, 2.24) is 14.7 Å². The summed E-state index contributed by atoms with van der Waals surface area (Å²) in [6, 6.07) is 19.3. The van der Waals surface area contributed by atoms with Crippen LogP contribution in [0.25, 0.3) is 11.3 Å². The highest BCUT2D eigenvalue weighted by molar-refractivity contribution is 5.97. The van der Waals surface area contributed by atoms with E-state index in [1.165, 1.54) is 4.90 Å². The summed E-state index contributed by atoms with van der Waals surface area (Å²) in [5.41, 5.74) is 2.75. The minimum absolute atomic E-state index is 0.272. The van der Waals surface area contributed by atoms with Crippen LogP contribution in [0.4, 0.5) is 0 Å². The standard InChI is InChI=1S/C22H23N3O3/c1-16(21(26)24(2)3)28-22(27)19-15-25(14-17-10-6-4-7-11-17)23-20(19)18-12-8-5-9-13-18/h4-13,15-16H,14H2,1-3H3/t16-/m1/s1. The Morgan fingerprint density at radius 1 is 1.04 bits per heavy atom. The molecule has 6 heteroatoms. The van der Waals surface area contributed by atoms with Gasteiger partial charge < -0.3 is 9.64 Å². The van der Waals surface area contributed by atoms with E-state index in [9.17, 15) is 9.59 Å². The molecule has 0 aliphatic rings. The molecule has 144 valence electrons. The number of carbonyl (C=O) groups excluding carboxylic acids is 2. The van der Waals surface area contributed by atoms with Crippen molar-refractivity contribution in [1.29, 1.82) is 0 Å². The highest BCUT2D eigenvalue weighted by Gasteiger charge is 2.24. The Kier molecular flexibility index (Phi) is 5.89. The molecule has 2 aromatic carbocycles. The third-order valence-corrected chi connectivity index (χ3v) is 4.29. The lowest BCUT2D eigenvalue weighted by molar-refractivity contribution is -0.137. The van der Waals surface area contributed by atoms with Crippen molar-refractivity contribution in [3.8, 4) is 11.3 Å². The number of likely N-dealkylation sites (N-methyl/N-ethyl adjacent to an activating group) is 1. The number of esters is 1. The number of rotatable bonds is 6. The number of hydrogen-bond acceptors (Lipinski definition) is 4. The molecule has 0 saturated heterocycles. The number of carbonyl (C=O) groups is 2. The topological polar surface area (TPSA) is 64.4 Å². The van der Waals surface area contributed by atoms with Crippen LogP contribution in [0, 0.1) is 0 Å². The molecular formula is C22H23N3O3. The van der Waals surface area contributed by atoms with Crippen LogP contribution in [0.3, 0.4) is 0 Å². The van der Waals surface area contributed by atoms with Gasteiger partial charge in [-0.15, -0.1) is 0 Å². The minimum Gasteiger partial charge on any atom is -0.449 e. The third kappa shape index (κ3) is 4.46. The molecule has 1 aromatic heterocycles. The number of hydrogen-bond donors (Lipinski definition) is 0. The zero-order valence-corrected chi connectivity index (χ0v) is 16.2. The molecular weight excluding hydrogens is 354 g/mol. The van der Waals surface area contributed by atoms with E-state index < -0.39 is 12.1 Å². The van der Waals surface area contributed by atoms with E-state index in [0.717, 1.165) is 11.1 Å². The molecule has 0 bridgehead atoms. The maximum atomic E-state index is 12.8. The van der Waals surface area contributed by atoms with Gasteiger partial charge in [-0.1, -0.05) is 60.7 Å². The van der Waals surface area contributed by atoms with Crippen molar-refractivity contribution in [2.24, 2.45) is 0 Å². The van der Waals surface area contributed by atoms with E-state index in [1.807, 2.05) is 60.7 Å². The maximum Gasteiger partial charge on any atom is 0.342 e. The average molecular weight is 377 g/mol. The highest BCUT2D eigenvalue weighted by atomic mass is 16.5. The monoisotopic (exact) mass is 377 g/mol. The summed E-state index contributed by atoms with van der Waals surface area (Å²) >= 11 is 0. The smallest absolute Gasteiger partial charge is 0.342 e. The Morgan fingerprint density at radius 3 is 2.25 bits per heavy atom. The first-order valence-corrected chi connectivity index (χ1v) is 9.04. The van der Waals surface area contributed by atoms with Gasteiger partial charge in [0.25, 0.3) is 5.91 Å². The summed E-state index contributed by atoms with van der Waals surface area (Å²) in [6.45, 7) is 2.09. The summed E-state index contributed by atoms with van der Waals surface area (Å²) in [4.78, 5) is 26.2. The number of aromatic nitrogens is 2. The van der Waals surface area contributed by atoms with E-state index >= 15 is 0 Å². The highest BCUT2D eigenvalue weighted by Crippen LogP contribution is 2.23. The second kappa shape index (κ2) is 8.52. The predicted molar refractivity (Wildman–Crippen MR) is 107 cm³/mol. The number of ether oxygens (including phenoxy) is 1. The van der Waals surface area contributed by atoms with Gasteiger partial charge >= 0.3 is 5.97 Å². The van der Waals surface area contributed by atoms with Crippen molar-refractivity contribution >= 4 is 11.9 Å². The molecule has 3 rings (SSSR count). The average Bonchev–Trinajstić information content (AvgIpc) is 3.12. The van der Waals surface area contributed by atoms with Gasteiger partial charge in [-0.2, -0.15) is 5.10 Å². The first kappa shape index (κ1) is 19.4. The number of benzene rings is 2. The van der Waals surface area contributed by atoms with E-state index in [-0.39, 0.29) is 5.91 Å². The van der Waals surface area contributed by atoms with Crippen LogP contribution in [-0.2, 0) is 16.1 Å². The van der Waals surface area contributed by atoms with Crippen LogP contribution in [0.5, 0.6) is 0 Å². The summed E-state index contributed by atoms with van der Waals surface area (Å²) in [6.07, 6.45) is 0.799. The van der Waals surface area contributed by atoms with E-state index in [0.29, 0.717) is 17.8 Å². The Labute approximate surface area is 164 Å². The molecule has 0 radical (unpaired) electrons. The van der Waals surface area contributed by atoms with Crippen molar-refractivity contribution in [2.75, 3.05) is 14.1 Å². The fourth-order valence-corrected chi connectivity index (χ4v) is 2.87. The summed E-state index contributed by atoms with van der Waals surface area (Å²) in [5.74, 6) is -0.841. The Hall–Kier alpha value is -3.41. The van der Waals surface area contributed by atoms with Gasteiger partial charge in [0, 0.05) is 25.9 Å². The van der Waals surface area contributed by atoms with E-state index in [1.54, 1.807) is 31.9 Å². The number of amides is 1. The van der Waals surface area contributed by atoms with Gasteiger partial charge in [-0.25, -0.2) is 4.79 Å². The van der Waals surface area contributed by atoms with Crippen LogP contribution in [0.2, 0.25) is 0 Å². The fourth-order valence-electron chi connectivity index (χ4n) is 2.87. The second-order valence-electron chi connectivity index (χ2n) is 6.72. The largest absolute Gasteiger partial charge is 0.449 e. The van der Waals surface area contributed by atoms with Gasteiger partial charge in [0.05, 0.1) is 6.54 Å². The molecule has 1 heterocycles. The molecule has 0 saturated carbocycles. The van der Waals surface area contributed by atoms with Gasteiger partial charge in [0.1, 0.15) is 11.3 Å². The van der Waals surface area contributed by atoms with Gasteiger partial charge in [-0.05, 0) is 12.5 Å². The molecule has 3 aromatic rings. The molecule has 0 unspecified atom stereocenters. The van der Waals surface area contributed by atoms with E-state index in [4.69, 9.17) is 4.74 Å². The molecule has 0 fully saturated rings. The first-order chi connectivity index (χ1) is 13.5. The molecule has 1 amide bonds. The lowest BCUT2D eigenvalue weighted by Crippen LogP contribution is -2.34. The lowest BCUT2D eigenvalue weighted by atomic mass is 10.1. The third-order valence-electron chi connectivity index (χ3n) is 4.29. The molecule has 1 atom stereocenters. The zero-order chi connectivity index (χ0) is 20.1. The number of nitrogens with zero attached hydrogens (tertiary/aromatic N) is 3. The Bertz CT molecular complexity index is 950. The Balaban J connectivity index is 1.91. The summed E-state index contributed by atoms with van der Waals surface area (Å²) < 4.78 is 7.12. The zero-order valence-electron chi connectivity index (χ0n) is 16.2. The van der Waals surface area contributed by atoms with E-state index in [2.05, 4.69) is 5.10 Å².